The summed E-state index contributed by atoms with van der Waals surface area (Å²) >= 11 is 0. The molecule has 3 aromatic carbocycles. The SMILES string of the molecule is Cc1cc(N=Nc2ccc([N+](=O)[O-])cc2S(=O)(=O)F)c2ccccc2c1O. The summed E-state index contributed by atoms with van der Waals surface area (Å²) in [6.45, 7) is 1.66. The van der Waals surface area contributed by atoms with Gasteiger partial charge < -0.3 is 5.11 Å². The van der Waals surface area contributed by atoms with Crippen LogP contribution < -0.4 is 0 Å². The highest BCUT2D eigenvalue weighted by Crippen LogP contribution is 2.37. The Morgan fingerprint density at radius 3 is 2.30 bits per heavy atom. The molecule has 0 aliphatic carbocycles. The van der Waals surface area contributed by atoms with Gasteiger partial charge in [0.2, 0.25) is 0 Å². The standard InChI is InChI=1S/C17H12FN3O5S/c1-10-8-15(12-4-2-3-5-13(12)17(10)22)20-19-14-7-6-11(21(23)24)9-16(14)27(18,25)26/h2-9,22H,1H3. The molecule has 0 unspecified atom stereocenters. The summed E-state index contributed by atoms with van der Waals surface area (Å²) in [5, 5.41) is 29.7. The summed E-state index contributed by atoms with van der Waals surface area (Å²) < 4.78 is 36.2. The van der Waals surface area contributed by atoms with E-state index in [1.807, 2.05) is 0 Å². The predicted octanol–water partition coefficient (Wildman–Crippen LogP) is 4.84. The molecule has 3 rings (SSSR count). The Labute approximate surface area is 153 Å². The highest BCUT2D eigenvalue weighted by atomic mass is 32.3. The molecule has 0 aromatic heterocycles. The summed E-state index contributed by atoms with van der Waals surface area (Å²) in [4.78, 5) is 9.01. The minimum atomic E-state index is -5.25. The van der Waals surface area contributed by atoms with Gasteiger partial charge in [0.05, 0.1) is 10.6 Å². The molecule has 0 radical (unpaired) electrons. The van der Waals surface area contributed by atoms with Crippen molar-refractivity contribution in [3.8, 4) is 5.75 Å². The van der Waals surface area contributed by atoms with Crippen molar-refractivity contribution in [2.75, 3.05) is 0 Å². The number of rotatable bonds is 4. The number of nitro benzene ring substituents is 1. The van der Waals surface area contributed by atoms with E-state index in [0.29, 0.717) is 28.1 Å². The molecule has 138 valence electrons. The first-order valence-corrected chi connectivity index (χ1v) is 8.93. The second kappa shape index (κ2) is 6.72. The second-order valence-corrected chi connectivity index (χ2v) is 6.97. The minimum Gasteiger partial charge on any atom is -0.507 e. The molecule has 0 spiro atoms. The number of nitrogens with zero attached hydrogens (tertiary/aromatic N) is 3. The fourth-order valence-electron chi connectivity index (χ4n) is 2.56. The van der Waals surface area contributed by atoms with E-state index >= 15 is 0 Å². The zero-order chi connectivity index (χ0) is 19.8. The van der Waals surface area contributed by atoms with Gasteiger partial charge in [0.1, 0.15) is 16.3 Å². The van der Waals surface area contributed by atoms with Gasteiger partial charge in [0.25, 0.3) is 5.69 Å². The molecule has 0 saturated heterocycles. The molecule has 0 bridgehead atoms. The zero-order valence-electron chi connectivity index (χ0n) is 13.8. The quantitative estimate of drug-likeness (QED) is 0.296. The maximum Gasteiger partial charge on any atom is 0.334 e. The number of aromatic hydroxyl groups is 1. The number of fused-ring (bicyclic) bond motifs is 1. The molecular formula is C17H12FN3O5S. The first-order valence-electron chi connectivity index (χ1n) is 7.54. The van der Waals surface area contributed by atoms with Gasteiger partial charge >= 0.3 is 10.2 Å². The summed E-state index contributed by atoms with van der Waals surface area (Å²) in [6, 6.07) is 10.9. The van der Waals surface area contributed by atoms with Crippen LogP contribution in [0.2, 0.25) is 0 Å². The maximum atomic E-state index is 13.5. The average Bonchev–Trinajstić information content (AvgIpc) is 2.62. The maximum absolute atomic E-state index is 13.5. The Hall–Kier alpha value is -3.40. The second-order valence-electron chi connectivity index (χ2n) is 5.65. The summed E-state index contributed by atoms with van der Waals surface area (Å²) in [7, 11) is -5.25. The molecule has 0 saturated carbocycles. The molecule has 0 amide bonds. The van der Waals surface area contributed by atoms with Gasteiger partial charge in [-0.1, -0.05) is 24.3 Å². The van der Waals surface area contributed by atoms with Gasteiger partial charge in [-0.15, -0.1) is 14.1 Å². The van der Waals surface area contributed by atoms with Crippen LogP contribution in [0, 0.1) is 17.0 Å². The van der Waals surface area contributed by atoms with E-state index in [4.69, 9.17) is 0 Å². The number of azo groups is 1. The van der Waals surface area contributed by atoms with Crippen LogP contribution in [0.15, 0.2) is 63.7 Å². The summed E-state index contributed by atoms with van der Waals surface area (Å²) in [5.74, 6) is 0.0758. The van der Waals surface area contributed by atoms with Gasteiger partial charge in [0.15, 0.2) is 0 Å². The highest BCUT2D eigenvalue weighted by Gasteiger charge is 2.22. The van der Waals surface area contributed by atoms with E-state index < -0.39 is 25.7 Å². The Balaban J connectivity index is 2.16. The molecule has 8 nitrogen and oxygen atoms in total. The van der Waals surface area contributed by atoms with Crippen LogP contribution in [0.5, 0.6) is 5.75 Å². The van der Waals surface area contributed by atoms with Gasteiger partial charge in [-0.05, 0) is 24.6 Å². The number of phenols is 1. The van der Waals surface area contributed by atoms with Crippen LogP contribution in [0.1, 0.15) is 5.56 Å². The number of hydrogen-bond donors (Lipinski definition) is 1. The van der Waals surface area contributed by atoms with Gasteiger partial charge in [-0.3, -0.25) is 10.1 Å². The van der Waals surface area contributed by atoms with E-state index in [2.05, 4.69) is 10.2 Å². The summed E-state index contributed by atoms with van der Waals surface area (Å²) in [6.07, 6.45) is 0. The minimum absolute atomic E-state index is 0.0758. The highest BCUT2D eigenvalue weighted by molar-refractivity contribution is 7.86. The van der Waals surface area contributed by atoms with E-state index in [9.17, 15) is 27.5 Å². The number of non-ortho nitro benzene ring substituents is 1. The Bertz CT molecular complexity index is 1210. The molecular weight excluding hydrogens is 377 g/mol. The first kappa shape index (κ1) is 18.4. The largest absolute Gasteiger partial charge is 0.507 e. The van der Waals surface area contributed by atoms with E-state index in [0.717, 1.165) is 12.1 Å². The third-order valence-electron chi connectivity index (χ3n) is 3.87. The van der Waals surface area contributed by atoms with Gasteiger partial charge in [-0.25, -0.2) is 0 Å². The fraction of sp³-hybridized carbons (Fsp3) is 0.0588. The van der Waals surface area contributed by atoms with E-state index in [-0.39, 0.29) is 11.4 Å². The van der Waals surface area contributed by atoms with Crippen LogP contribution in [0.4, 0.5) is 20.9 Å². The molecule has 0 fully saturated rings. The van der Waals surface area contributed by atoms with Crippen LogP contribution >= 0.6 is 0 Å². The van der Waals surface area contributed by atoms with Crippen LogP contribution in [0.3, 0.4) is 0 Å². The Morgan fingerprint density at radius 1 is 1.04 bits per heavy atom. The van der Waals surface area contributed by atoms with Crippen molar-refractivity contribution in [3.05, 3.63) is 64.2 Å². The Morgan fingerprint density at radius 2 is 1.67 bits per heavy atom. The van der Waals surface area contributed by atoms with Crippen molar-refractivity contribution in [1.29, 1.82) is 0 Å². The molecule has 0 heterocycles. The van der Waals surface area contributed by atoms with Crippen LogP contribution in [-0.2, 0) is 10.2 Å². The molecule has 27 heavy (non-hydrogen) atoms. The fourth-order valence-corrected chi connectivity index (χ4v) is 3.18. The molecule has 10 heteroatoms. The smallest absolute Gasteiger partial charge is 0.334 e. The normalized spacial score (nSPS) is 11.9. The topological polar surface area (TPSA) is 122 Å². The number of hydrogen-bond acceptors (Lipinski definition) is 7. The molecule has 0 aliphatic heterocycles. The summed E-state index contributed by atoms with van der Waals surface area (Å²) in [5.41, 5.74) is -0.125. The van der Waals surface area contributed by atoms with Crippen LogP contribution in [0.25, 0.3) is 10.8 Å². The number of nitro groups is 1. The Kier molecular flexibility index (Phi) is 4.58. The third kappa shape index (κ3) is 3.60. The zero-order valence-corrected chi connectivity index (χ0v) is 14.6. The van der Waals surface area contributed by atoms with Crippen molar-refractivity contribution >= 4 is 38.1 Å². The molecule has 0 aliphatic rings. The lowest BCUT2D eigenvalue weighted by molar-refractivity contribution is -0.385. The average molecular weight is 389 g/mol. The van der Waals surface area contributed by atoms with Crippen molar-refractivity contribution in [2.45, 2.75) is 11.8 Å². The van der Waals surface area contributed by atoms with Crippen LogP contribution in [-0.4, -0.2) is 18.4 Å². The number of phenolic OH excluding ortho intramolecular Hbond substituents is 1. The number of benzene rings is 3. The van der Waals surface area contributed by atoms with Gasteiger partial charge in [-0.2, -0.15) is 8.42 Å². The van der Waals surface area contributed by atoms with E-state index in [1.54, 1.807) is 31.2 Å². The van der Waals surface area contributed by atoms with Crippen molar-refractivity contribution in [2.24, 2.45) is 10.2 Å². The first-order chi connectivity index (χ1) is 12.7. The lowest BCUT2D eigenvalue weighted by Gasteiger charge is -2.07. The monoisotopic (exact) mass is 389 g/mol. The molecule has 1 N–H and O–H groups in total. The third-order valence-corrected chi connectivity index (χ3v) is 4.72. The van der Waals surface area contributed by atoms with Crippen molar-refractivity contribution < 1.29 is 22.3 Å². The lowest BCUT2D eigenvalue weighted by atomic mass is 10.0. The molecule has 3 aromatic rings. The predicted molar refractivity (Wildman–Crippen MR) is 95.9 cm³/mol. The van der Waals surface area contributed by atoms with Crippen molar-refractivity contribution in [1.82, 2.24) is 0 Å². The number of aryl methyl sites for hydroxylation is 1. The van der Waals surface area contributed by atoms with Gasteiger partial charge in [0, 0.05) is 22.9 Å². The lowest BCUT2D eigenvalue weighted by Crippen LogP contribution is -1.95. The molecule has 0 atom stereocenters. The van der Waals surface area contributed by atoms with E-state index in [1.165, 1.54) is 6.07 Å². The number of halogens is 1. The van der Waals surface area contributed by atoms with Crippen molar-refractivity contribution in [3.63, 3.8) is 0 Å².